The zero-order valence-electron chi connectivity index (χ0n) is 55.5. The largest absolute Gasteiger partial charge is 0.454 e. The predicted octanol–water partition coefficient (Wildman–Crippen LogP) is 18.7. The lowest BCUT2D eigenvalue weighted by Crippen LogP contribution is -2.61. The molecule has 8 atom stereocenters. The minimum absolute atomic E-state index is 0.126. The van der Waals surface area contributed by atoms with Crippen LogP contribution in [0.4, 0.5) is 0 Å². The highest BCUT2D eigenvalue weighted by Crippen LogP contribution is 2.26. The third kappa shape index (κ3) is 49.1. The molecule has 8 unspecified atom stereocenters. The molecule has 0 aromatic carbocycles. The fraction of sp³-hybridized carbons (Fsp3) is 0.865. The normalized spacial score (nSPS) is 18.6. The zero-order chi connectivity index (χ0) is 61.7. The van der Waals surface area contributed by atoms with E-state index in [0.717, 1.165) is 70.6 Å². The van der Waals surface area contributed by atoms with Crippen molar-refractivity contribution in [2.45, 2.75) is 397 Å². The highest BCUT2D eigenvalue weighted by molar-refractivity contribution is 5.80. The Kier molecular flexibility index (Phi) is 58.7. The number of allylic oxidation sites excluding steroid dienone is 7. The molecule has 0 aromatic rings. The van der Waals surface area contributed by atoms with E-state index in [4.69, 9.17) is 14.2 Å². The molecular formula is C74H137NO10. The van der Waals surface area contributed by atoms with Gasteiger partial charge in [-0.05, 0) is 83.5 Å². The van der Waals surface area contributed by atoms with Gasteiger partial charge in [0.15, 0.2) is 12.4 Å². The molecule has 1 heterocycles. The molecule has 0 aliphatic carbocycles. The number of nitrogens with one attached hydrogen (secondary N) is 1. The van der Waals surface area contributed by atoms with Gasteiger partial charge in [0.2, 0.25) is 5.91 Å². The summed E-state index contributed by atoms with van der Waals surface area (Å²) >= 11 is 0. The van der Waals surface area contributed by atoms with E-state index in [-0.39, 0.29) is 13.0 Å². The Bertz CT molecular complexity index is 1570. The van der Waals surface area contributed by atoms with Crippen molar-refractivity contribution in [3.8, 4) is 0 Å². The third-order valence-corrected chi connectivity index (χ3v) is 17.2. The highest BCUT2D eigenvalue weighted by atomic mass is 16.7. The maximum absolute atomic E-state index is 13.5. The summed E-state index contributed by atoms with van der Waals surface area (Å²) in [6.07, 6.45) is 67.3. The Labute approximate surface area is 523 Å². The van der Waals surface area contributed by atoms with Gasteiger partial charge in [-0.25, -0.2) is 0 Å². The molecule has 85 heavy (non-hydrogen) atoms. The number of carbonyl (C=O) groups excluding carboxylic acids is 2. The quantitative estimate of drug-likeness (QED) is 0.0195. The summed E-state index contributed by atoms with van der Waals surface area (Å²) in [5.41, 5.74) is 0. The Morgan fingerprint density at radius 2 is 0.812 bits per heavy atom. The Morgan fingerprint density at radius 3 is 1.24 bits per heavy atom. The van der Waals surface area contributed by atoms with Crippen LogP contribution in [0.3, 0.4) is 0 Å². The third-order valence-electron chi connectivity index (χ3n) is 17.2. The van der Waals surface area contributed by atoms with Crippen molar-refractivity contribution in [3.05, 3.63) is 48.6 Å². The first-order valence-corrected chi connectivity index (χ1v) is 36.4. The number of hydrogen-bond acceptors (Lipinski definition) is 10. The summed E-state index contributed by atoms with van der Waals surface area (Å²) in [5.74, 6) is -1.18. The zero-order valence-corrected chi connectivity index (χ0v) is 55.5. The summed E-state index contributed by atoms with van der Waals surface area (Å²) in [5, 5.41) is 57.2. The van der Waals surface area contributed by atoms with Crippen LogP contribution in [0.1, 0.15) is 348 Å². The number of esters is 1. The van der Waals surface area contributed by atoms with Gasteiger partial charge in [0.05, 0.1) is 25.4 Å². The second kappa shape index (κ2) is 61.8. The topological polar surface area (TPSA) is 175 Å². The number of aliphatic hydroxyl groups excluding tert-OH is 5. The van der Waals surface area contributed by atoms with Gasteiger partial charge in [0.25, 0.3) is 0 Å². The summed E-state index contributed by atoms with van der Waals surface area (Å²) in [6.45, 7) is 5.80. The van der Waals surface area contributed by atoms with Gasteiger partial charge in [-0.2, -0.15) is 0 Å². The molecule has 0 saturated carbocycles. The van der Waals surface area contributed by atoms with Crippen LogP contribution >= 0.6 is 0 Å². The fourth-order valence-corrected chi connectivity index (χ4v) is 11.4. The summed E-state index contributed by atoms with van der Waals surface area (Å²) in [7, 11) is 0. The van der Waals surface area contributed by atoms with Gasteiger partial charge in [-0.15, -0.1) is 0 Å². The molecule has 1 rings (SSSR count). The summed E-state index contributed by atoms with van der Waals surface area (Å²) in [4.78, 5) is 26.7. The van der Waals surface area contributed by atoms with Gasteiger partial charge in [-0.3, -0.25) is 9.59 Å². The monoisotopic (exact) mass is 1200 g/mol. The van der Waals surface area contributed by atoms with Crippen molar-refractivity contribution in [3.63, 3.8) is 0 Å². The minimum atomic E-state index is -1.61. The minimum Gasteiger partial charge on any atom is -0.454 e. The molecule has 6 N–H and O–H groups in total. The van der Waals surface area contributed by atoms with Crippen molar-refractivity contribution < 1.29 is 49.3 Å². The summed E-state index contributed by atoms with van der Waals surface area (Å²) < 4.78 is 17.7. The van der Waals surface area contributed by atoms with Gasteiger partial charge < -0.3 is 45.1 Å². The highest BCUT2D eigenvalue weighted by Gasteiger charge is 2.47. The molecule has 1 fully saturated rings. The van der Waals surface area contributed by atoms with Crippen LogP contribution in [0.5, 0.6) is 0 Å². The van der Waals surface area contributed by atoms with Crippen LogP contribution in [0.25, 0.3) is 0 Å². The fourth-order valence-electron chi connectivity index (χ4n) is 11.4. The molecule has 498 valence electrons. The van der Waals surface area contributed by atoms with E-state index in [0.29, 0.717) is 19.3 Å². The number of hydrogen-bond donors (Lipinski definition) is 6. The smallest absolute Gasteiger partial charge is 0.306 e. The Hall–Kier alpha value is -2.38. The summed E-state index contributed by atoms with van der Waals surface area (Å²) in [6, 6.07) is -1.02. The van der Waals surface area contributed by atoms with Crippen molar-refractivity contribution in [2.24, 2.45) is 0 Å². The van der Waals surface area contributed by atoms with Crippen molar-refractivity contribution >= 4 is 11.9 Å². The van der Waals surface area contributed by atoms with Gasteiger partial charge in [-0.1, -0.05) is 307 Å². The number of amides is 1. The van der Waals surface area contributed by atoms with E-state index in [1.807, 2.05) is 6.08 Å². The van der Waals surface area contributed by atoms with E-state index >= 15 is 0 Å². The lowest BCUT2D eigenvalue weighted by atomic mass is 9.99. The molecule has 11 nitrogen and oxygen atoms in total. The molecule has 11 heteroatoms. The van der Waals surface area contributed by atoms with Crippen molar-refractivity contribution in [2.75, 3.05) is 13.2 Å². The first-order chi connectivity index (χ1) is 41.7. The Morgan fingerprint density at radius 1 is 0.459 bits per heavy atom. The van der Waals surface area contributed by atoms with Crippen molar-refractivity contribution in [1.82, 2.24) is 5.32 Å². The SMILES string of the molecule is CCCCC/C=C\C/C=C\CCCCCCCCCCCCCCCCCCCC(=O)OC1C(OCC(NC(=O)C(O)CCCCCCCCCC/C=C/CCCCCCCC)C(O)/C=C/CCCCCCCCCCC)OC(CO)C(O)C1O. The standard InChI is InChI=1S/C74H137NO10/c1-4-7-10-13-16-19-22-24-26-28-30-31-32-33-34-35-36-37-38-40-42-44-47-50-53-56-59-62-69(79)85-72-71(81)70(80)68(63-76)84-74(72)83-64-65(66(77)60-57-54-51-48-45-21-18-15-12-9-6-3)75-73(82)67(78)61-58-55-52-49-46-43-41-39-29-27-25-23-20-17-14-11-8-5-2/h16,19,24-27,57,60,65-68,70-72,74,76-78,80-81H,4-15,17-18,20-23,28-56,58-59,61-64H2,1-3H3,(H,75,82)/b19-16-,26-24-,27-25+,60-57+. The van der Waals surface area contributed by atoms with Gasteiger partial charge >= 0.3 is 5.97 Å². The van der Waals surface area contributed by atoms with E-state index < -0.39 is 67.4 Å². The molecule has 1 amide bonds. The van der Waals surface area contributed by atoms with Crippen LogP contribution < -0.4 is 5.32 Å². The number of ether oxygens (including phenoxy) is 3. The van der Waals surface area contributed by atoms with Crippen LogP contribution in [0, 0.1) is 0 Å². The molecule has 0 radical (unpaired) electrons. The maximum Gasteiger partial charge on any atom is 0.306 e. The van der Waals surface area contributed by atoms with E-state index in [1.54, 1.807) is 6.08 Å². The molecule has 0 bridgehead atoms. The van der Waals surface area contributed by atoms with E-state index in [1.165, 1.54) is 231 Å². The molecule has 1 aliphatic heterocycles. The average molecular weight is 1200 g/mol. The molecule has 0 spiro atoms. The van der Waals surface area contributed by atoms with E-state index in [2.05, 4.69) is 62.5 Å². The molecule has 1 aliphatic rings. The lowest BCUT2D eigenvalue weighted by molar-refractivity contribution is -0.305. The predicted molar refractivity (Wildman–Crippen MR) is 357 cm³/mol. The van der Waals surface area contributed by atoms with Crippen molar-refractivity contribution in [1.29, 1.82) is 0 Å². The Balaban J connectivity index is 2.51. The molecular weight excluding hydrogens is 1060 g/mol. The van der Waals surface area contributed by atoms with E-state index in [9.17, 15) is 35.1 Å². The van der Waals surface area contributed by atoms with Gasteiger partial charge in [0.1, 0.15) is 24.4 Å². The van der Waals surface area contributed by atoms with Crippen LogP contribution in [-0.2, 0) is 23.8 Å². The number of rotatable bonds is 63. The molecule has 0 aromatic heterocycles. The number of unbranched alkanes of at least 4 members (excludes halogenated alkanes) is 43. The number of carbonyl (C=O) groups is 2. The lowest BCUT2D eigenvalue weighted by Gasteiger charge is -2.41. The average Bonchev–Trinajstić information content (AvgIpc) is 2.92. The maximum atomic E-state index is 13.5. The van der Waals surface area contributed by atoms with Crippen LogP contribution in [0.15, 0.2) is 48.6 Å². The number of aliphatic hydroxyl groups is 5. The van der Waals surface area contributed by atoms with Crippen LogP contribution in [0.2, 0.25) is 0 Å². The second-order valence-electron chi connectivity index (χ2n) is 25.3. The van der Waals surface area contributed by atoms with Crippen LogP contribution in [-0.4, -0.2) is 99.6 Å². The first kappa shape index (κ1) is 80.6. The molecule has 1 saturated heterocycles. The van der Waals surface area contributed by atoms with Gasteiger partial charge in [0, 0.05) is 6.42 Å². The second-order valence-corrected chi connectivity index (χ2v) is 25.3. The first-order valence-electron chi connectivity index (χ1n) is 36.4.